The SMILES string of the molecule is COc1cc(OC)c(OC)cc1CN1CCN(C(=O)COc2ccccc2)CC1.O=C(O)C(=O)O. The molecule has 1 saturated heterocycles. The first kappa shape index (κ1) is 27.3. The van der Waals surface area contributed by atoms with Gasteiger partial charge in [-0.05, 0) is 18.2 Å². The molecule has 0 radical (unpaired) electrons. The molecule has 2 N–H and O–H groups in total. The fourth-order valence-corrected chi connectivity index (χ4v) is 3.37. The van der Waals surface area contributed by atoms with Gasteiger partial charge < -0.3 is 34.1 Å². The number of ether oxygens (including phenoxy) is 4. The first-order chi connectivity index (χ1) is 16.8. The number of carbonyl (C=O) groups excluding carboxylic acids is 1. The van der Waals surface area contributed by atoms with Crippen LogP contribution in [0.1, 0.15) is 5.56 Å². The number of amides is 1. The van der Waals surface area contributed by atoms with E-state index in [4.69, 9.17) is 38.7 Å². The van der Waals surface area contributed by atoms with Crippen molar-refractivity contribution in [3.05, 3.63) is 48.0 Å². The van der Waals surface area contributed by atoms with Gasteiger partial charge in [-0.1, -0.05) is 18.2 Å². The lowest BCUT2D eigenvalue weighted by molar-refractivity contribution is -0.159. The highest BCUT2D eigenvalue weighted by Crippen LogP contribution is 2.35. The van der Waals surface area contributed by atoms with E-state index in [1.54, 1.807) is 21.3 Å². The van der Waals surface area contributed by atoms with Gasteiger partial charge in [0.2, 0.25) is 0 Å². The lowest BCUT2D eigenvalue weighted by Crippen LogP contribution is -2.49. The van der Waals surface area contributed by atoms with Crippen LogP contribution in [-0.2, 0) is 20.9 Å². The molecule has 11 heteroatoms. The van der Waals surface area contributed by atoms with E-state index in [0.717, 1.165) is 24.4 Å². The minimum absolute atomic E-state index is 0.0113. The highest BCUT2D eigenvalue weighted by Gasteiger charge is 2.23. The average molecular weight is 491 g/mol. The Morgan fingerprint density at radius 1 is 0.800 bits per heavy atom. The number of nitrogens with zero attached hydrogens (tertiary/aromatic N) is 2. The van der Waals surface area contributed by atoms with Gasteiger partial charge >= 0.3 is 11.9 Å². The van der Waals surface area contributed by atoms with Crippen LogP contribution in [0.5, 0.6) is 23.0 Å². The molecule has 1 amide bonds. The van der Waals surface area contributed by atoms with E-state index in [0.29, 0.717) is 36.9 Å². The zero-order valence-corrected chi connectivity index (χ0v) is 19.9. The fourth-order valence-electron chi connectivity index (χ4n) is 3.37. The number of hydrogen-bond donors (Lipinski definition) is 2. The monoisotopic (exact) mass is 490 g/mol. The van der Waals surface area contributed by atoms with Gasteiger partial charge in [0, 0.05) is 44.4 Å². The molecule has 3 rings (SSSR count). The minimum Gasteiger partial charge on any atom is -0.496 e. The molecular formula is C24H30N2O9. The van der Waals surface area contributed by atoms with Crippen molar-refractivity contribution in [1.82, 2.24) is 9.80 Å². The highest BCUT2D eigenvalue weighted by molar-refractivity contribution is 6.27. The van der Waals surface area contributed by atoms with Crippen LogP contribution in [0.15, 0.2) is 42.5 Å². The molecule has 0 atom stereocenters. The molecule has 0 spiro atoms. The van der Waals surface area contributed by atoms with Crippen molar-refractivity contribution in [3.63, 3.8) is 0 Å². The maximum absolute atomic E-state index is 12.4. The maximum atomic E-state index is 12.4. The first-order valence-electron chi connectivity index (χ1n) is 10.7. The fraction of sp³-hybridized carbons (Fsp3) is 0.375. The van der Waals surface area contributed by atoms with Crippen LogP contribution in [0, 0.1) is 0 Å². The van der Waals surface area contributed by atoms with Gasteiger partial charge in [-0.2, -0.15) is 0 Å². The summed E-state index contributed by atoms with van der Waals surface area (Å²) in [5, 5.41) is 14.8. The van der Waals surface area contributed by atoms with Crippen molar-refractivity contribution < 1.29 is 43.5 Å². The number of para-hydroxylation sites is 1. The number of benzene rings is 2. The molecule has 0 aromatic heterocycles. The predicted molar refractivity (Wildman–Crippen MR) is 125 cm³/mol. The normalized spacial score (nSPS) is 13.2. The van der Waals surface area contributed by atoms with Crippen LogP contribution in [0.3, 0.4) is 0 Å². The Morgan fingerprint density at radius 2 is 1.34 bits per heavy atom. The van der Waals surface area contributed by atoms with Gasteiger partial charge in [-0.3, -0.25) is 9.69 Å². The maximum Gasteiger partial charge on any atom is 0.414 e. The Balaban J connectivity index is 0.000000641. The summed E-state index contributed by atoms with van der Waals surface area (Å²) >= 11 is 0. The predicted octanol–water partition coefficient (Wildman–Crippen LogP) is 1.59. The number of hydrogen-bond acceptors (Lipinski definition) is 8. The van der Waals surface area contributed by atoms with E-state index in [1.165, 1.54) is 0 Å². The summed E-state index contributed by atoms with van der Waals surface area (Å²) in [6.45, 7) is 3.70. The number of carboxylic acids is 2. The van der Waals surface area contributed by atoms with Gasteiger partial charge in [0.1, 0.15) is 11.5 Å². The Morgan fingerprint density at radius 3 is 1.86 bits per heavy atom. The van der Waals surface area contributed by atoms with E-state index in [2.05, 4.69) is 4.90 Å². The zero-order valence-electron chi connectivity index (χ0n) is 19.9. The van der Waals surface area contributed by atoms with Crippen LogP contribution in [0.2, 0.25) is 0 Å². The molecule has 190 valence electrons. The number of methoxy groups -OCH3 is 3. The van der Waals surface area contributed by atoms with E-state index in [1.807, 2.05) is 47.4 Å². The molecule has 2 aromatic rings. The molecule has 2 aromatic carbocycles. The Bertz CT molecular complexity index is 978. The van der Waals surface area contributed by atoms with Crippen molar-refractivity contribution >= 4 is 17.8 Å². The minimum atomic E-state index is -1.82. The Labute approximate surface area is 203 Å². The van der Waals surface area contributed by atoms with Crippen molar-refractivity contribution in [1.29, 1.82) is 0 Å². The summed E-state index contributed by atoms with van der Waals surface area (Å²) in [5.74, 6) is -0.850. The van der Waals surface area contributed by atoms with E-state index in [9.17, 15) is 4.79 Å². The molecule has 0 unspecified atom stereocenters. The van der Waals surface area contributed by atoms with Crippen molar-refractivity contribution in [3.8, 4) is 23.0 Å². The molecule has 11 nitrogen and oxygen atoms in total. The molecule has 0 aliphatic carbocycles. The molecule has 0 bridgehead atoms. The van der Waals surface area contributed by atoms with Gasteiger partial charge in [-0.15, -0.1) is 0 Å². The van der Waals surface area contributed by atoms with Gasteiger partial charge in [0.15, 0.2) is 18.1 Å². The van der Waals surface area contributed by atoms with Crippen molar-refractivity contribution in [2.75, 3.05) is 54.1 Å². The van der Waals surface area contributed by atoms with E-state index in [-0.39, 0.29) is 12.5 Å². The van der Waals surface area contributed by atoms with Crippen LogP contribution < -0.4 is 18.9 Å². The number of carbonyl (C=O) groups is 3. The van der Waals surface area contributed by atoms with Crippen LogP contribution in [-0.4, -0.2) is 92.0 Å². The number of piperazine rings is 1. The third-order valence-corrected chi connectivity index (χ3v) is 5.19. The molecule has 0 saturated carbocycles. The number of rotatable bonds is 8. The molecule has 1 aliphatic rings. The van der Waals surface area contributed by atoms with Crippen molar-refractivity contribution in [2.24, 2.45) is 0 Å². The molecule has 35 heavy (non-hydrogen) atoms. The Hall–Kier alpha value is -3.99. The second-order valence-corrected chi connectivity index (χ2v) is 7.39. The third kappa shape index (κ3) is 8.38. The second-order valence-electron chi connectivity index (χ2n) is 7.39. The second kappa shape index (κ2) is 13.7. The highest BCUT2D eigenvalue weighted by atomic mass is 16.5. The van der Waals surface area contributed by atoms with Gasteiger partial charge in [0.25, 0.3) is 5.91 Å². The van der Waals surface area contributed by atoms with Gasteiger partial charge in [0.05, 0.1) is 21.3 Å². The van der Waals surface area contributed by atoms with Crippen molar-refractivity contribution in [2.45, 2.75) is 6.54 Å². The standard InChI is InChI=1S/C22H28N2O5.C2H2O4/c1-26-19-14-21(28-3)20(27-2)13-17(19)15-23-9-11-24(12-10-23)22(25)16-29-18-7-5-4-6-8-18;3-1(4)2(5)6/h4-8,13-14H,9-12,15-16H2,1-3H3;(H,3,4)(H,5,6). The topological polar surface area (TPSA) is 135 Å². The molecular weight excluding hydrogens is 460 g/mol. The quantitative estimate of drug-likeness (QED) is 0.525. The van der Waals surface area contributed by atoms with E-state index < -0.39 is 11.9 Å². The number of carboxylic acid groups (broad SMARTS) is 2. The zero-order chi connectivity index (χ0) is 25.8. The summed E-state index contributed by atoms with van der Waals surface area (Å²) in [4.78, 5) is 34.8. The van der Waals surface area contributed by atoms with Crippen LogP contribution in [0.4, 0.5) is 0 Å². The Kier molecular flexibility index (Phi) is 10.6. The summed E-state index contributed by atoms with van der Waals surface area (Å²) in [6, 6.07) is 13.2. The first-order valence-corrected chi connectivity index (χ1v) is 10.7. The third-order valence-electron chi connectivity index (χ3n) is 5.19. The summed E-state index contributed by atoms with van der Waals surface area (Å²) < 4.78 is 21.8. The van der Waals surface area contributed by atoms with Crippen LogP contribution >= 0.6 is 0 Å². The number of aliphatic carboxylic acids is 2. The summed E-state index contributed by atoms with van der Waals surface area (Å²) in [6.07, 6.45) is 0. The lowest BCUT2D eigenvalue weighted by atomic mass is 10.1. The van der Waals surface area contributed by atoms with E-state index >= 15 is 0 Å². The smallest absolute Gasteiger partial charge is 0.414 e. The molecule has 1 aliphatic heterocycles. The summed E-state index contributed by atoms with van der Waals surface area (Å²) in [7, 11) is 4.87. The van der Waals surface area contributed by atoms with Gasteiger partial charge in [-0.25, -0.2) is 9.59 Å². The van der Waals surface area contributed by atoms with Crippen LogP contribution in [0.25, 0.3) is 0 Å². The summed E-state index contributed by atoms with van der Waals surface area (Å²) in [5.41, 5.74) is 1.03. The average Bonchev–Trinajstić information content (AvgIpc) is 2.88. The largest absolute Gasteiger partial charge is 0.496 e. The molecule has 1 fully saturated rings. The lowest BCUT2D eigenvalue weighted by Gasteiger charge is -2.35. The molecule has 1 heterocycles.